The fraction of sp³-hybridized carbons (Fsp3) is 0.208. The first-order chi connectivity index (χ1) is 17.1. The molecule has 12 heteroatoms. The van der Waals surface area contributed by atoms with Crippen molar-refractivity contribution in [3.8, 4) is 0 Å². The van der Waals surface area contributed by atoms with Gasteiger partial charge in [-0.3, -0.25) is 19.2 Å². The van der Waals surface area contributed by atoms with Crippen molar-refractivity contribution >= 4 is 75.8 Å². The number of benzene rings is 2. The highest BCUT2D eigenvalue weighted by atomic mass is 35.5. The predicted octanol–water partition coefficient (Wildman–Crippen LogP) is 3.84. The number of carbonyl (C=O) groups is 4. The molecule has 3 N–H and O–H groups in total. The van der Waals surface area contributed by atoms with Crippen molar-refractivity contribution in [1.82, 2.24) is 10.6 Å². The lowest BCUT2D eigenvalue weighted by molar-refractivity contribution is -0.117. The first kappa shape index (κ1) is 27.3. The molecule has 36 heavy (non-hydrogen) atoms. The van der Waals surface area contributed by atoms with Gasteiger partial charge in [0.25, 0.3) is 11.8 Å². The normalized spacial score (nSPS) is 14.8. The van der Waals surface area contributed by atoms with E-state index in [0.717, 1.165) is 5.01 Å². The summed E-state index contributed by atoms with van der Waals surface area (Å²) in [6, 6.07) is 11.0. The Morgan fingerprint density at radius 1 is 1.11 bits per heavy atom. The molecule has 1 aliphatic heterocycles. The van der Waals surface area contributed by atoms with Gasteiger partial charge in [-0.2, -0.15) is 5.01 Å². The summed E-state index contributed by atoms with van der Waals surface area (Å²) in [5.41, 5.74) is 1.35. The molecule has 0 saturated heterocycles. The van der Waals surface area contributed by atoms with Gasteiger partial charge in [-0.05, 0) is 43.3 Å². The largest absolute Gasteiger partial charge is 0.352 e. The molecule has 2 aromatic carbocycles. The van der Waals surface area contributed by atoms with E-state index in [1.54, 1.807) is 37.3 Å². The van der Waals surface area contributed by atoms with Gasteiger partial charge in [0.15, 0.2) is 5.84 Å². The Bertz CT molecular complexity index is 1270. The lowest BCUT2D eigenvalue weighted by Crippen LogP contribution is -2.39. The number of thioether (sulfide) groups is 1. The summed E-state index contributed by atoms with van der Waals surface area (Å²) in [5.74, 6) is -1.06. The molecule has 9 nitrogen and oxygen atoms in total. The highest BCUT2D eigenvalue weighted by Gasteiger charge is 2.39. The molecule has 1 unspecified atom stereocenters. The molecule has 1 aliphatic rings. The summed E-state index contributed by atoms with van der Waals surface area (Å²) in [6.45, 7) is 6.82. The second-order valence-corrected chi connectivity index (χ2v) is 9.79. The third-order valence-corrected chi connectivity index (χ3v) is 6.52. The highest BCUT2D eigenvalue weighted by Crippen LogP contribution is 2.33. The number of hydrogen-bond donors (Lipinski definition) is 3. The van der Waals surface area contributed by atoms with E-state index >= 15 is 0 Å². The maximum Gasteiger partial charge on any atom is 0.268 e. The molecule has 3 rings (SSSR count). The van der Waals surface area contributed by atoms with Crippen LogP contribution in [0.3, 0.4) is 0 Å². The number of anilines is 2. The molecule has 1 heterocycles. The molecule has 0 spiro atoms. The quantitative estimate of drug-likeness (QED) is 0.342. The Kier molecular flexibility index (Phi) is 9.14. The molecule has 188 valence electrons. The van der Waals surface area contributed by atoms with Gasteiger partial charge in [0, 0.05) is 41.1 Å². The number of nitrogens with zero attached hydrogens (tertiary/aromatic N) is 2. The molecular formula is C24H23Cl2N5O4S. The Labute approximate surface area is 222 Å². The van der Waals surface area contributed by atoms with E-state index in [4.69, 9.17) is 23.2 Å². The van der Waals surface area contributed by atoms with Crippen molar-refractivity contribution in [3.05, 3.63) is 70.2 Å². The van der Waals surface area contributed by atoms with Crippen molar-refractivity contribution in [2.45, 2.75) is 19.1 Å². The van der Waals surface area contributed by atoms with Crippen LogP contribution in [0.5, 0.6) is 0 Å². The fourth-order valence-corrected chi connectivity index (χ4v) is 4.45. The smallest absolute Gasteiger partial charge is 0.268 e. The Morgan fingerprint density at radius 2 is 1.86 bits per heavy atom. The summed E-state index contributed by atoms with van der Waals surface area (Å²) in [6.07, 6.45) is 0. The standard InChI is InChI=1S/C24H23Cl2N5O4S/c1-13(2)22(33)27-9-10-36-20-21(29-23(34)15-5-4-6-17(11-15)28-14(3)32)30-31(24(20)35)19-12-16(25)7-8-18(19)26/h4-8,11-12,20H,1,9-10H2,2-3H3,(H,27,33)(H,28,32)(H,29,30,34). The van der Waals surface area contributed by atoms with E-state index in [9.17, 15) is 19.2 Å². The van der Waals surface area contributed by atoms with Crippen LogP contribution in [-0.4, -0.2) is 47.0 Å². The van der Waals surface area contributed by atoms with Crippen molar-refractivity contribution in [1.29, 1.82) is 0 Å². The molecule has 0 saturated carbocycles. The van der Waals surface area contributed by atoms with Gasteiger partial charge in [0.05, 0.1) is 10.7 Å². The fourth-order valence-electron chi connectivity index (χ4n) is 3.12. The van der Waals surface area contributed by atoms with E-state index in [0.29, 0.717) is 22.0 Å². The molecular weight excluding hydrogens is 525 g/mol. The predicted molar refractivity (Wildman–Crippen MR) is 144 cm³/mol. The van der Waals surface area contributed by atoms with Gasteiger partial charge in [-0.1, -0.05) is 35.8 Å². The molecule has 0 radical (unpaired) electrons. The summed E-state index contributed by atoms with van der Waals surface area (Å²) >= 11 is 13.6. The minimum Gasteiger partial charge on any atom is -0.352 e. The van der Waals surface area contributed by atoms with Gasteiger partial charge in [0.2, 0.25) is 11.8 Å². The Hall–Kier alpha value is -3.34. The zero-order valence-corrected chi connectivity index (χ0v) is 21.8. The van der Waals surface area contributed by atoms with E-state index in [-0.39, 0.29) is 40.5 Å². The SMILES string of the molecule is C=C(C)C(=O)NCCSC1C(=O)N(c2cc(Cl)ccc2Cl)N=C1NC(=O)c1cccc(NC(C)=O)c1. The second kappa shape index (κ2) is 12.1. The average molecular weight is 548 g/mol. The van der Waals surface area contributed by atoms with Crippen LogP contribution >= 0.6 is 35.0 Å². The number of hydrogen-bond acceptors (Lipinski definition) is 6. The molecule has 0 aliphatic carbocycles. The minimum absolute atomic E-state index is 0.0993. The van der Waals surface area contributed by atoms with Crippen molar-refractivity contribution < 1.29 is 19.2 Å². The number of carbonyl (C=O) groups excluding carboxylic acids is 4. The third kappa shape index (κ3) is 6.87. The number of amidine groups is 1. The topological polar surface area (TPSA) is 120 Å². The lowest BCUT2D eigenvalue weighted by atomic mass is 10.2. The van der Waals surface area contributed by atoms with E-state index < -0.39 is 17.1 Å². The summed E-state index contributed by atoms with van der Waals surface area (Å²) < 4.78 is 0. The summed E-state index contributed by atoms with van der Waals surface area (Å²) in [5, 5.41) is 13.2. The van der Waals surface area contributed by atoms with Crippen LogP contribution in [0, 0.1) is 0 Å². The molecule has 2 aromatic rings. The van der Waals surface area contributed by atoms with Crippen LogP contribution in [0.1, 0.15) is 24.2 Å². The number of nitrogens with one attached hydrogen (secondary N) is 3. The minimum atomic E-state index is -0.871. The van der Waals surface area contributed by atoms with Gasteiger partial charge in [-0.25, -0.2) is 0 Å². The number of amides is 4. The Balaban J connectivity index is 1.83. The van der Waals surface area contributed by atoms with E-state index in [1.807, 2.05) is 0 Å². The molecule has 0 fully saturated rings. The number of rotatable bonds is 8. The Morgan fingerprint density at radius 3 is 2.56 bits per heavy atom. The molecule has 0 bridgehead atoms. The van der Waals surface area contributed by atoms with Crippen LogP contribution in [0.2, 0.25) is 10.0 Å². The van der Waals surface area contributed by atoms with Gasteiger partial charge >= 0.3 is 0 Å². The lowest BCUT2D eigenvalue weighted by Gasteiger charge is -2.16. The second-order valence-electron chi connectivity index (χ2n) is 7.73. The van der Waals surface area contributed by atoms with Crippen LogP contribution < -0.4 is 21.0 Å². The monoisotopic (exact) mass is 547 g/mol. The van der Waals surface area contributed by atoms with Crippen LogP contribution in [-0.2, 0) is 14.4 Å². The van der Waals surface area contributed by atoms with Crippen LogP contribution in [0.25, 0.3) is 0 Å². The maximum absolute atomic E-state index is 13.3. The van der Waals surface area contributed by atoms with E-state index in [2.05, 4.69) is 27.6 Å². The van der Waals surface area contributed by atoms with Gasteiger partial charge < -0.3 is 16.0 Å². The van der Waals surface area contributed by atoms with Crippen molar-refractivity contribution in [2.24, 2.45) is 5.10 Å². The summed E-state index contributed by atoms with van der Waals surface area (Å²) in [7, 11) is 0. The molecule has 4 amide bonds. The van der Waals surface area contributed by atoms with Crippen molar-refractivity contribution in [3.63, 3.8) is 0 Å². The third-order valence-electron chi connectivity index (χ3n) is 4.77. The first-order valence-corrected chi connectivity index (χ1v) is 12.5. The van der Waals surface area contributed by atoms with Gasteiger partial charge in [-0.15, -0.1) is 16.9 Å². The summed E-state index contributed by atoms with van der Waals surface area (Å²) in [4.78, 5) is 49.4. The average Bonchev–Trinajstić information content (AvgIpc) is 3.12. The number of halogens is 2. The van der Waals surface area contributed by atoms with Crippen LogP contribution in [0.4, 0.5) is 11.4 Å². The maximum atomic E-state index is 13.3. The zero-order chi connectivity index (χ0) is 26.4. The molecule has 1 atom stereocenters. The zero-order valence-electron chi connectivity index (χ0n) is 19.4. The van der Waals surface area contributed by atoms with E-state index in [1.165, 1.54) is 30.8 Å². The first-order valence-electron chi connectivity index (χ1n) is 10.7. The van der Waals surface area contributed by atoms with Crippen LogP contribution in [0.15, 0.2) is 59.7 Å². The number of hydrazone groups is 1. The molecule has 0 aromatic heterocycles. The van der Waals surface area contributed by atoms with Gasteiger partial charge in [0.1, 0.15) is 5.25 Å². The van der Waals surface area contributed by atoms with Crippen molar-refractivity contribution in [2.75, 3.05) is 22.6 Å². The highest BCUT2D eigenvalue weighted by molar-refractivity contribution is 8.01.